The molecule has 28 heavy (non-hydrogen) atoms. The van der Waals surface area contributed by atoms with Crippen LogP contribution >= 0.6 is 24.0 Å². The summed E-state index contributed by atoms with van der Waals surface area (Å²) in [5.74, 6) is 1.30. The molecule has 0 saturated carbocycles. The number of aryl methyl sites for hydroxylation is 1. The molecule has 0 aromatic heterocycles. The van der Waals surface area contributed by atoms with E-state index in [0.29, 0.717) is 19.0 Å². The van der Waals surface area contributed by atoms with Crippen LogP contribution in [0.2, 0.25) is 0 Å². The molecule has 0 saturated heterocycles. The Balaban J connectivity index is 0.00000392. The van der Waals surface area contributed by atoms with E-state index < -0.39 is 0 Å². The quantitative estimate of drug-likeness (QED) is 0.299. The summed E-state index contributed by atoms with van der Waals surface area (Å²) < 4.78 is 5.12. The van der Waals surface area contributed by atoms with Crippen LogP contribution < -0.4 is 20.7 Å². The highest BCUT2D eigenvalue weighted by Crippen LogP contribution is 2.11. The molecular formula is C21H29IN4O2. The molecule has 0 spiro atoms. The van der Waals surface area contributed by atoms with Gasteiger partial charge in [0, 0.05) is 20.1 Å². The van der Waals surface area contributed by atoms with E-state index in [9.17, 15) is 4.79 Å². The van der Waals surface area contributed by atoms with Gasteiger partial charge in [-0.2, -0.15) is 0 Å². The van der Waals surface area contributed by atoms with E-state index in [1.54, 1.807) is 14.2 Å². The molecule has 152 valence electrons. The Morgan fingerprint density at radius 3 is 2.25 bits per heavy atom. The van der Waals surface area contributed by atoms with Crippen molar-refractivity contribution in [3.05, 3.63) is 65.2 Å². The van der Waals surface area contributed by atoms with Crippen LogP contribution in [0, 0.1) is 0 Å². The van der Waals surface area contributed by atoms with Gasteiger partial charge in [0.15, 0.2) is 5.96 Å². The van der Waals surface area contributed by atoms with E-state index in [2.05, 4.69) is 40.0 Å². The maximum absolute atomic E-state index is 12.1. The monoisotopic (exact) mass is 496 g/mol. The summed E-state index contributed by atoms with van der Waals surface area (Å²) in [7, 11) is 3.32. The second-order valence-corrected chi connectivity index (χ2v) is 6.03. The van der Waals surface area contributed by atoms with Gasteiger partial charge in [0.25, 0.3) is 0 Å². The third kappa shape index (κ3) is 7.75. The van der Waals surface area contributed by atoms with E-state index in [4.69, 9.17) is 4.74 Å². The number of carbonyl (C=O) groups excluding carboxylic acids is 1. The van der Waals surface area contributed by atoms with Crippen LogP contribution in [0.5, 0.6) is 5.75 Å². The molecule has 7 heteroatoms. The lowest BCUT2D eigenvalue weighted by molar-refractivity contribution is -0.120. The van der Waals surface area contributed by atoms with Gasteiger partial charge in [0.05, 0.1) is 13.7 Å². The summed E-state index contributed by atoms with van der Waals surface area (Å²) in [6, 6.07) is 15.9. The molecule has 0 radical (unpaired) electrons. The molecule has 3 N–H and O–H groups in total. The highest BCUT2D eigenvalue weighted by molar-refractivity contribution is 14.0. The van der Waals surface area contributed by atoms with Crippen molar-refractivity contribution in [1.29, 1.82) is 0 Å². The summed E-state index contributed by atoms with van der Waals surface area (Å²) >= 11 is 0. The van der Waals surface area contributed by atoms with Crippen molar-refractivity contribution in [3.63, 3.8) is 0 Å². The number of hydrogen-bond acceptors (Lipinski definition) is 3. The number of halogens is 1. The minimum absolute atomic E-state index is 0. The molecule has 6 nitrogen and oxygen atoms in total. The van der Waals surface area contributed by atoms with Crippen molar-refractivity contribution in [2.24, 2.45) is 4.99 Å². The molecule has 0 atom stereocenters. The van der Waals surface area contributed by atoms with Gasteiger partial charge < -0.3 is 20.7 Å². The zero-order valence-corrected chi connectivity index (χ0v) is 18.9. The van der Waals surface area contributed by atoms with Crippen LogP contribution in [-0.4, -0.2) is 32.6 Å². The van der Waals surface area contributed by atoms with Crippen LogP contribution in [0.1, 0.15) is 23.6 Å². The van der Waals surface area contributed by atoms with Crippen molar-refractivity contribution in [2.45, 2.75) is 26.4 Å². The molecule has 2 aromatic rings. The maximum Gasteiger partial charge on any atom is 0.239 e. The van der Waals surface area contributed by atoms with Crippen molar-refractivity contribution in [3.8, 4) is 5.75 Å². The molecule has 0 aliphatic carbocycles. The molecular weight excluding hydrogens is 467 g/mol. The number of nitrogens with one attached hydrogen (secondary N) is 3. The average Bonchev–Trinajstić information content (AvgIpc) is 2.73. The predicted molar refractivity (Wildman–Crippen MR) is 124 cm³/mol. The predicted octanol–water partition coefficient (Wildman–Crippen LogP) is 2.86. The standard InChI is InChI=1S/C21H28N4O2.HI/c1-4-17-7-5-6-8-18(17)14-24-21(22-2)25-15-20(26)23-13-16-9-11-19(27-3)12-10-16;/h5-12H,4,13-15H2,1-3H3,(H,23,26)(H2,22,24,25);1H. The molecule has 0 bridgehead atoms. The van der Waals surface area contributed by atoms with Gasteiger partial charge in [-0.15, -0.1) is 24.0 Å². The fourth-order valence-electron chi connectivity index (χ4n) is 2.64. The van der Waals surface area contributed by atoms with Gasteiger partial charge >= 0.3 is 0 Å². The van der Waals surface area contributed by atoms with Crippen LogP contribution in [0.4, 0.5) is 0 Å². The van der Waals surface area contributed by atoms with Gasteiger partial charge in [-0.1, -0.05) is 43.3 Å². The molecule has 2 aromatic carbocycles. The lowest BCUT2D eigenvalue weighted by Gasteiger charge is -2.14. The number of carbonyl (C=O) groups is 1. The van der Waals surface area contributed by atoms with Gasteiger partial charge in [-0.3, -0.25) is 9.79 Å². The summed E-state index contributed by atoms with van der Waals surface area (Å²) in [4.78, 5) is 16.2. The number of rotatable bonds is 8. The molecule has 2 rings (SSSR count). The minimum Gasteiger partial charge on any atom is -0.497 e. The third-order valence-electron chi connectivity index (χ3n) is 4.23. The van der Waals surface area contributed by atoms with E-state index in [1.807, 2.05) is 36.4 Å². The van der Waals surface area contributed by atoms with E-state index >= 15 is 0 Å². The summed E-state index contributed by atoms with van der Waals surface area (Å²) in [6.07, 6.45) is 0.984. The van der Waals surface area contributed by atoms with Crippen LogP contribution in [0.3, 0.4) is 0 Å². The van der Waals surface area contributed by atoms with Crippen LogP contribution in [0.25, 0.3) is 0 Å². The number of ether oxygens (including phenoxy) is 1. The van der Waals surface area contributed by atoms with E-state index in [1.165, 1.54) is 11.1 Å². The first-order chi connectivity index (χ1) is 13.2. The molecule has 0 fully saturated rings. The second kappa shape index (κ2) is 13.0. The fraction of sp³-hybridized carbons (Fsp3) is 0.333. The Hall–Kier alpha value is -2.29. The Labute approximate surface area is 184 Å². The van der Waals surface area contributed by atoms with Crippen molar-refractivity contribution in [2.75, 3.05) is 20.7 Å². The zero-order chi connectivity index (χ0) is 19.5. The van der Waals surface area contributed by atoms with Crippen molar-refractivity contribution in [1.82, 2.24) is 16.0 Å². The Kier molecular flexibility index (Phi) is 11.0. The normalized spacial score (nSPS) is 10.6. The number of methoxy groups -OCH3 is 1. The minimum atomic E-state index is -0.0947. The Bertz CT molecular complexity index is 763. The number of amides is 1. The number of benzene rings is 2. The summed E-state index contributed by atoms with van der Waals surface area (Å²) in [5, 5.41) is 9.17. The summed E-state index contributed by atoms with van der Waals surface area (Å²) in [6.45, 7) is 3.43. The van der Waals surface area contributed by atoms with Gasteiger partial charge in [-0.05, 0) is 35.2 Å². The second-order valence-electron chi connectivity index (χ2n) is 6.03. The summed E-state index contributed by atoms with van der Waals surface area (Å²) in [5.41, 5.74) is 3.55. The highest BCUT2D eigenvalue weighted by Gasteiger charge is 2.05. The largest absolute Gasteiger partial charge is 0.497 e. The first kappa shape index (κ1) is 23.7. The van der Waals surface area contributed by atoms with Gasteiger partial charge in [-0.25, -0.2) is 0 Å². The SMILES string of the molecule is CCc1ccccc1CNC(=NC)NCC(=O)NCc1ccc(OC)cc1.I. The molecule has 0 heterocycles. The van der Waals surface area contributed by atoms with E-state index in [-0.39, 0.29) is 36.4 Å². The Morgan fingerprint density at radius 2 is 1.64 bits per heavy atom. The third-order valence-corrected chi connectivity index (χ3v) is 4.23. The lowest BCUT2D eigenvalue weighted by Crippen LogP contribution is -2.42. The smallest absolute Gasteiger partial charge is 0.239 e. The zero-order valence-electron chi connectivity index (χ0n) is 16.6. The maximum atomic E-state index is 12.1. The van der Waals surface area contributed by atoms with Gasteiger partial charge in [0.2, 0.25) is 5.91 Å². The van der Waals surface area contributed by atoms with Crippen LogP contribution in [-0.2, 0) is 24.3 Å². The Morgan fingerprint density at radius 1 is 0.964 bits per heavy atom. The lowest BCUT2D eigenvalue weighted by atomic mass is 10.1. The number of guanidine groups is 1. The molecule has 0 aliphatic heterocycles. The molecule has 0 aliphatic rings. The fourth-order valence-corrected chi connectivity index (χ4v) is 2.64. The molecule has 0 unspecified atom stereocenters. The topological polar surface area (TPSA) is 74.8 Å². The van der Waals surface area contributed by atoms with Crippen LogP contribution in [0.15, 0.2) is 53.5 Å². The first-order valence-corrected chi connectivity index (χ1v) is 9.07. The first-order valence-electron chi connectivity index (χ1n) is 9.07. The number of aliphatic imine (C=N–C) groups is 1. The average molecular weight is 496 g/mol. The molecule has 1 amide bonds. The van der Waals surface area contributed by atoms with Crippen molar-refractivity contribution >= 4 is 35.8 Å². The number of hydrogen-bond donors (Lipinski definition) is 3. The van der Waals surface area contributed by atoms with Crippen molar-refractivity contribution < 1.29 is 9.53 Å². The van der Waals surface area contributed by atoms with Gasteiger partial charge in [0.1, 0.15) is 5.75 Å². The number of nitrogens with zero attached hydrogens (tertiary/aromatic N) is 1. The van der Waals surface area contributed by atoms with E-state index in [0.717, 1.165) is 17.7 Å². The highest BCUT2D eigenvalue weighted by atomic mass is 127.